The van der Waals surface area contributed by atoms with E-state index in [1.807, 2.05) is 24.3 Å². The molecule has 6 rings (SSSR count). The normalized spacial score (nSPS) is 19.4. The van der Waals surface area contributed by atoms with Crippen molar-refractivity contribution in [1.82, 2.24) is 29.4 Å². The molecule has 1 saturated heterocycles. The summed E-state index contributed by atoms with van der Waals surface area (Å²) in [4.78, 5) is 22.7. The van der Waals surface area contributed by atoms with Gasteiger partial charge in [0.2, 0.25) is 5.95 Å². The third-order valence-corrected chi connectivity index (χ3v) is 8.47. The molecule has 2 aliphatic rings. The lowest BCUT2D eigenvalue weighted by atomic mass is 9.85. The number of imidazole rings is 1. The fourth-order valence-electron chi connectivity index (χ4n) is 6.12. The second-order valence-electron chi connectivity index (χ2n) is 11.4. The number of aliphatic hydroxyl groups excluding tert-OH is 1. The maximum Gasteiger partial charge on any atom is 0.296 e. The molecule has 0 radical (unpaired) electrons. The number of nitrogens with zero attached hydrogens (tertiary/aromatic N) is 7. The first-order valence-electron chi connectivity index (χ1n) is 15.0. The molecule has 0 amide bonds. The maximum atomic E-state index is 14.2. The topological polar surface area (TPSA) is 104 Å². The van der Waals surface area contributed by atoms with Crippen molar-refractivity contribution < 1.29 is 18.6 Å². The second-order valence-corrected chi connectivity index (χ2v) is 11.4. The third-order valence-electron chi connectivity index (χ3n) is 8.47. The van der Waals surface area contributed by atoms with Gasteiger partial charge in [0, 0.05) is 38.3 Å². The predicted octanol–water partition coefficient (Wildman–Crippen LogP) is 4.58. The molecule has 0 atom stereocenters. The Morgan fingerprint density at radius 3 is 2.47 bits per heavy atom. The summed E-state index contributed by atoms with van der Waals surface area (Å²) in [6.45, 7) is 3.89. The van der Waals surface area contributed by atoms with Crippen LogP contribution in [-0.2, 0) is 17.9 Å². The summed E-state index contributed by atoms with van der Waals surface area (Å²) >= 11 is 0. The molecule has 1 aliphatic heterocycles. The average Bonchev–Trinajstić information content (AvgIpc) is 3.45. The first kappa shape index (κ1) is 29.3. The molecule has 1 aliphatic carbocycles. The van der Waals surface area contributed by atoms with Crippen LogP contribution >= 0.6 is 0 Å². The van der Waals surface area contributed by atoms with E-state index in [2.05, 4.69) is 32.1 Å². The van der Waals surface area contributed by atoms with Crippen molar-refractivity contribution in [2.24, 2.45) is 5.92 Å². The van der Waals surface area contributed by atoms with Gasteiger partial charge in [-0.15, -0.1) is 0 Å². The molecule has 12 heteroatoms. The predicted molar refractivity (Wildman–Crippen MR) is 161 cm³/mol. The van der Waals surface area contributed by atoms with Gasteiger partial charge in [0.15, 0.2) is 5.82 Å². The van der Waals surface area contributed by atoms with E-state index in [1.54, 1.807) is 24.3 Å². The molecule has 1 saturated carbocycles. The second kappa shape index (κ2) is 13.3. The van der Waals surface area contributed by atoms with Crippen molar-refractivity contribution in [3.63, 3.8) is 0 Å². The van der Waals surface area contributed by atoms with Crippen LogP contribution in [0.25, 0.3) is 16.9 Å². The number of morpholine rings is 1. The third kappa shape index (κ3) is 6.76. The zero-order valence-corrected chi connectivity index (χ0v) is 24.4. The van der Waals surface area contributed by atoms with Gasteiger partial charge in [-0.3, -0.25) is 14.5 Å². The number of hydrogen-bond donors (Lipinski definition) is 2. The van der Waals surface area contributed by atoms with E-state index in [0.717, 1.165) is 37.9 Å². The highest BCUT2D eigenvalue weighted by molar-refractivity contribution is 5.78. The molecule has 2 N–H and O–H groups in total. The van der Waals surface area contributed by atoms with Crippen molar-refractivity contribution in [1.29, 1.82) is 0 Å². The first-order chi connectivity index (χ1) is 21.0. The molecule has 0 bridgehead atoms. The number of pyridine rings is 1. The van der Waals surface area contributed by atoms with Crippen LogP contribution in [0.5, 0.6) is 0 Å². The zero-order chi connectivity index (χ0) is 29.8. The summed E-state index contributed by atoms with van der Waals surface area (Å²) in [5.74, 6) is 1.58. The minimum absolute atomic E-state index is 0.0531. The SMILES string of the molecule is CN(Cc1cccc(CO)n1)C1CCC(CNc2nc(N3CCOCC3)cc(-n3c(C(F)F)nc4ccccc43)n2)CC1. The van der Waals surface area contributed by atoms with Gasteiger partial charge in [-0.1, -0.05) is 18.2 Å². The van der Waals surface area contributed by atoms with Gasteiger partial charge in [0.05, 0.1) is 42.2 Å². The van der Waals surface area contributed by atoms with Gasteiger partial charge in [0.25, 0.3) is 6.43 Å². The number of halogens is 2. The largest absolute Gasteiger partial charge is 0.390 e. The monoisotopic (exact) mass is 592 g/mol. The minimum atomic E-state index is -2.76. The summed E-state index contributed by atoms with van der Waals surface area (Å²) in [7, 11) is 2.14. The number of rotatable bonds is 10. The van der Waals surface area contributed by atoms with Gasteiger partial charge in [-0.2, -0.15) is 9.97 Å². The van der Waals surface area contributed by atoms with Crippen molar-refractivity contribution in [3.05, 3.63) is 65.7 Å². The van der Waals surface area contributed by atoms with Gasteiger partial charge in [-0.25, -0.2) is 13.8 Å². The highest BCUT2D eigenvalue weighted by atomic mass is 19.3. The minimum Gasteiger partial charge on any atom is -0.390 e. The van der Waals surface area contributed by atoms with Crippen LogP contribution in [0, 0.1) is 5.92 Å². The Labute approximate surface area is 249 Å². The van der Waals surface area contributed by atoms with E-state index in [4.69, 9.17) is 14.7 Å². The molecule has 2 fully saturated rings. The van der Waals surface area contributed by atoms with Crippen molar-refractivity contribution >= 4 is 22.8 Å². The van der Waals surface area contributed by atoms with Crippen molar-refractivity contribution in [2.75, 3.05) is 50.1 Å². The Hall–Kier alpha value is -3.74. The molecule has 0 spiro atoms. The highest BCUT2D eigenvalue weighted by Gasteiger charge is 2.26. The van der Waals surface area contributed by atoms with Gasteiger partial charge in [-0.05, 0) is 62.9 Å². The summed E-state index contributed by atoms with van der Waals surface area (Å²) < 4.78 is 35.3. The number of aromatic nitrogens is 5. The maximum absolute atomic E-state index is 14.2. The molecule has 4 aromatic rings. The fraction of sp³-hybridized carbons (Fsp3) is 0.484. The number of ether oxygens (including phenoxy) is 1. The summed E-state index contributed by atoms with van der Waals surface area (Å²) in [6, 6.07) is 15.1. The number of nitrogens with one attached hydrogen (secondary N) is 1. The van der Waals surface area contributed by atoms with E-state index in [-0.39, 0.29) is 12.4 Å². The Balaban J connectivity index is 1.16. The number of benzene rings is 1. The number of fused-ring (bicyclic) bond motifs is 1. The van der Waals surface area contributed by atoms with Gasteiger partial charge >= 0.3 is 0 Å². The smallest absolute Gasteiger partial charge is 0.296 e. The van der Waals surface area contributed by atoms with E-state index in [0.29, 0.717) is 79.1 Å². The van der Waals surface area contributed by atoms with Gasteiger partial charge < -0.3 is 20.1 Å². The van der Waals surface area contributed by atoms with Crippen molar-refractivity contribution in [3.8, 4) is 5.82 Å². The number of alkyl halides is 2. The van der Waals surface area contributed by atoms with E-state index < -0.39 is 6.43 Å². The van der Waals surface area contributed by atoms with Crippen LogP contribution in [0.3, 0.4) is 0 Å². The van der Waals surface area contributed by atoms with Crippen LogP contribution in [-0.4, -0.2) is 80.4 Å². The number of para-hydroxylation sites is 2. The Morgan fingerprint density at radius 1 is 0.953 bits per heavy atom. The summed E-state index contributed by atoms with van der Waals surface area (Å²) in [5.41, 5.74) is 2.73. The fourth-order valence-corrected chi connectivity index (χ4v) is 6.12. The van der Waals surface area contributed by atoms with Crippen molar-refractivity contribution in [2.45, 2.75) is 51.3 Å². The standard InChI is InChI=1S/C31H38F2N8O2/c1-39(19-22-5-4-6-23(20-42)35-22)24-11-9-21(10-12-24)18-34-31-37-27(40-13-15-43-16-14-40)17-28(38-31)41-26-8-3-2-7-25(26)36-30(41)29(32)33/h2-8,17,21,24,29,42H,9-16,18-20H2,1H3,(H,34,37,38). The number of hydrogen-bond acceptors (Lipinski definition) is 9. The molecule has 0 unspecified atom stereocenters. The molecule has 4 heterocycles. The molecule has 228 valence electrons. The van der Waals surface area contributed by atoms with Crippen LogP contribution < -0.4 is 10.2 Å². The average molecular weight is 593 g/mol. The molecular formula is C31H38F2N8O2. The quantitative estimate of drug-likeness (QED) is 0.274. The van der Waals surface area contributed by atoms with Crippen LogP contribution in [0.4, 0.5) is 20.5 Å². The Morgan fingerprint density at radius 2 is 1.70 bits per heavy atom. The molecule has 3 aromatic heterocycles. The summed E-state index contributed by atoms with van der Waals surface area (Å²) in [5, 5.41) is 12.8. The Kier molecular flexibility index (Phi) is 9.06. The zero-order valence-electron chi connectivity index (χ0n) is 24.4. The Bertz CT molecular complexity index is 1520. The van der Waals surface area contributed by atoms with E-state index in [9.17, 15) is 13.9 Å². The first-order valence-corrected chi connectivity index (χ1v) is 15.0. The van der Waals surface area contributed by atoms with E-state index >= 15 is 0 Å². The lowest BCUT2D eigenvalue weighted by molar-refractivity contribution is 0.122. The van der Waals surface area contributed by atoms with Crippen LogP contribution in [0.1, 0.15) is 49.3 Å². The van der Waals surface area contributed by atoms with Crippen LogP contribution in [0.2, 0.25) is 0 Å². The highest BCUT2D eigenvalue weighted by Crippen LogP contribution is 2.31. The lowest BCUT2D eigenvalue weighted by Gasteiger charge is -2.34. The molecule has 10 nitrogen and oxygen atoms in total. The molecule has 1 aromatic carbocycles. The lowest BCUT2D eigenvalue weighted by Crippen LogP contribution is -2.37. The van der Waals surface area contributed by atoms with E-state index in [1.165, 1.54) is 4.57 Å². The molecule has 43 heavy (non-hydrogen) atoms. The summed E-state index contributed by atoms with van der Waals surface area (Å²) in [6.07, 6.45) is 1.50. The number of anilines is 2. The van der Waals surface area contributed by atoms with Crippen LogP contribution in [0.15, 0.2) is 48.5 Å². The number of aliphatic hydroxyl groups is 1. The molecular weight excluding hydrogens is 554 g/mol. The van der Waals surface area contributed by atoms with Gasteiger partial charge in [0.1, 0.15) is 11.6 Å².